The van der Waals surface area contributed by atoms with Gasteiger partial charge in [-0.1, -0.05) is 148 Å². The highest BCUT2D eigenvalue weighted by molar-refractivity contribution is 7.45. The van der Waals surface area contributed by atoms with Gasteiger partial charge in [-0.25, -0.2) is 0 Å². The third-order valence-corrected chi connectivity index (χ3v) is 9.78. The Morgan fingerprint density at radius 3 is 1.55 bits per heavy atom. The number of ether oxygens (including phenoxy) is 2. The molecule has 0 rings (SSSR count). The molecule has 8 nitrogen and oxygen atoms in total. The van der Waals surface area contributed by atoms with Gasteiger partial charge in [-0.05, 0) is 38.5 Å². The zero-order valence-corrected chi connectivity index (χ0v) is 33.8. The van der Waals surface area contributed by atoms with Crippen LogP contribution in [0.4, 0.5) is 0 Å². The van der Waals surface area contributed by atoms with E-state index in [0.717, 1.165) is 44.9 Å². The van der Waals surface area contributed by atoms with E-state index in [2.05, 4.69) is 26.0 Å². The van der Waals surface area contributed by atoms with Crippen LogP contribution in [0.2, 0.25) is 0 Å². The Morgan fingerprint density at radius 2 is 1.06 bits per heavy atom. The molecular weight excluding hydrogens is 637 g/mol. The Morgan fingerprint density at radius 1 is 0.612 bits per heavy atom. The average Bonchev–Trinajstić information content (AvgIpc) is 3.04. The number of quaternary nitrogens is 1. The predicted molar refractivity (Wildman–Crippen MR) is 204 cm³/mol. The number of nitrogens with zero attached hydrogens (tertiary/aromatic N) is 1. The van der Waals surface area contributed by atoms with E-state index in [4.69, 9.17) is 18.5 Å². The molecule has 0 bridgehead atoms. The molecule has 0 aliphatic rings. The van der Waals surface area contributed by atoms with Gasteiger partial charge >= 0.3 is 5.97 Å². The van der Waals surface area contributed by atoms with E-state index in [1.165, 1.54) is 116 Å². The molecule has 0 aromatic rings. The van der Waals surface area contributed by atoms with Crippen molar-refractivity contribution in [2.45, 2.75) is 187 Å². The maximum absolute atomic E-state index is 12.4. The van der Waals surface area contributed by atoms with Crippen molar-refractivity contribution in [1.82, 2.24) is 0 Å². The van der Waals surface area contributed by atoms with Gasteiger partial charge < -0.3 is 27.9 Å². The minimum Gasteiger partial charge on any atom is -0.756 e. The number of hydrogen-bond donors (Lipinski definition) is 0. The van der Waals surface area contributed by atoms with Crippen LogP contribution in [0, 0.1) is 0 Å². The van der Waals surface area contributed by atoms with Crippen LogP contribution in [0.15, 0.2) is 12.2 Å². The second-order valence-electron chi connectivity index (χ2n) is 15.0. The Labute approximate surface area is 303 Å². The third kappa shape index (κ3) is 38.3. The smallest absolute Gasteiger partial charge is 0.306 e. The van der Waals surface area contributed by atoms with Crippen LogP contribution in [-0.4, -0.2) is 70.7 Å². The van der Waals surface area contributed by atoms with E-state index < -0.39 is 13.9 Å². The minimum atomic E-state index is -4.50. The number of rotatable bonds is 38. The van der Waals surface area contributed by atoms with Crippen LogP contribution in [-0.2, 0) is 27.9 Å². The second kappa shape index (κ2) is 34.3. The number of allylic oxidation sites excluding steroid dienone is 2. The molecule has 2 unspecified atom stereocenters. The molecule has 0 amide bonds. The standard InChI is InChI=1S/C40H80NO7P/c1-6-8-10-12-13-14-15-16-17-18-19-20-21-22-23-24-25-26-27-28-30-32-35-45-37-39(48-40(42)33-31-29-11-9-7-2)38-47-49(43,44)46-36-34-41(3,4)5/h18-19,39H,6-17,20-38H2,1-5H3/b19-18-. The molecule has 0 aromatic heterocycles. The molecule has 0 spiro atoms. The summed E-state index contributed by atoms with van der Waals surface area (Å²) in [5.74, 6) is -0.346. The van der Waals surface area contributed by atoms with Crippen LogP contribution in [0.5, 0.6) is 0 Å². The summed E-state index contributed by atoms with van der Waals surface area (Å²) < 4.78 is 34.3. The molecule has 0 N–H and O–H groups in total. The lowest BCUT2D eigenvalue weighted by Gasteiger charge is -2.28. The number of likely N-dealkylation sites (N-methyl/N-ethyl adjacent to an activating group) is 1. The fraction of sp³-hybridized carbons (Fsp3) is 0.925. The summed E-state index contributed by atoms with van der Waals surface area (Å²) in [5, 5.41) is 0. The van der Waals surface area contributed by atoms with Gasteiger partial charge in [0.15, 0.2) is 0 Å². The molecule has 0 heterocycles. The third-order valence-electron chi connectivity index (χ3n) is 8.82. The van der Waals surface area contributed by atoms with Gasteiger partial charge in [-0.15, -0.1) is 0 Å². The van der Waals surface area contributed by atoms with Crippen molar-refractivity contribution in [1.29, 1.82) is 0 Å². The molecule has 0 aliphatic heterocycles. The van der Waals surface area contributed by atoms with Gasteiger partial charge in [0, 0.05) is 13.0 Å². The number of unbranched alkanes of at least 4 members (excludes halogenated alkanes) is 22. The molecule has 0 saturated heterocycles. The number of hydrogen-bond acceptors (Lipinski definition) is 7. The van der Waals surface area contributed by atoms with Crippen LogP contribution >= 0.6 is 7.82 Å². The number of phosphoric acid groups is 1. The Bertz CT molecular complexity index is 802. The fourth-order valence-electron chi connectivity index (χ4n) is 5.60. The summed E-state index contributed by atoms with van der Waals surface area (Å²) in [6.45, 7) is 5.33. The maximum atomic E-state index is 12.4. The molecular formula is C40H80NO7P. The van der Waals surface area contributed by atoms with E-state index in [-0.39, 0.29) is 25.8 Å². The van der Waals surface area contributed by atoms with Crippen molar-refractivity contribution in [3.63, 3.8) is 0 Å². The molecule has 49 heavy (non-hydrogen) atoms. The van der Waals surface area contributed by atoms with Gasteiger partial charge in [0.05, 0.1) is 34.4 Å². The van der Waals surface area contributed by atoms with Gasteiger partial charge in [0.1, 0.15) is 19.3 Å². The van der Waals surface area contributed by atoms with Crippen molar-refractivity contribution in [2.75, 3.05) is 54.1 Å². The van der Waals surface area contributed by atoms with Gasteiger partial charge in [0.2, 0.25) is 0 Å². The first-order chi connectivity index (χ1) is 23.6. The highest BCUT2D eigenvalue weighted by Gasteiger charge is 2.20. The lowest BCUT2D eigenvalue weighted by molar-refractivity contribution is -0.870. The van der Waals surface area contributed by atoms with Crippen LogP contribution in [0.1, 0.15) is 181 Å². The first-order valence-corrected chi connectivity index (χ1v) is 21.9. The largest absolute Gasteiger partial charge is 0.756 e. The Kier molecular flexibility index (Phi) is 33.8. The topological polar surface area (TPSA) is 94.1 Å². The van der Waals surface area contributed by atoms with Gasteiger partial charge in [-0.3, -0.25) is 9.36 Å². The molecule has 2 atom stereocenters. The van der Waals surface area contributed by atoms with Gasteiger partial charge in [-0.2, -0.15) is 0 Å². The summed E-state index contributed by atoms with van der Waals surface area (Å²) in [6.07, 6.45) is 35.5. The van der Waals surface area contributed by atoms with Crippen LogP contribution in [0.3, 0.4) is 0 Å². The molecule has 0 radical (unpaired) electrons. The molecule has 0 aliphatic carbocycles. The number of esters is 1. The lowest BCUT2D eigenvalue weighted by atomic mass is 10.1. The molecule has 0 saturated carbocycles. The van der Waals surface area contributed by atoms with E-state index in [1.54, 1.807) is 0 Å². The summed E-state index contributed by atoms with van der Waals surface area (Å²) in [4.78, 5) is 24.7. The highest BCUT2D eigenvalue weighted by atomic mass is 31.2. The second-order valence-corrected chi connectivity index (χ2v) is 16.4. The average molecular weight is 718 g/mol. The van der Waals surface area contributed by atoms with Crippen molar-refractivity contribution in [3.05, 3.63) is 12.2 Å². The molecule has 292 valence electrons. The monoisotopic (exact) mass is 718 g/mol. The van der Waals surface area contributed by atoms with Crippen LogP contribution in [0.25, 0.3) is 0 Å². The van der Waals surface area contributed by atoms with Gasteiger partial charge in [0.25, 0.3) is 7.82 Å². The number of carbonyl (C=O) groups is 1. The van der Waals surface area contributed by atoms with Crippen molar-refractivity contribution >= 4 is 13.8 Å². The highest BCUT2D eigenvalue weighted by Crippen LogP contribution is 2.38. The van der Waals surface area contributed by atoms with E-state index in [1.807, 2.05) is 21.1 Å². The Balaban J connectivity index is 3.95. The van der Waals surface area contributed by atoms with Crippen molar-refractivity contribution in [3.8, 4) is 0 Å². The van der Waals surface area contributed by atoms with Crippen molar-refractivity contribution < 1.29 is 37.3 Å². The van der Waals surface area contributed by atoms with E-state index >= 15 is 0 Å². The predicted octanol–water partition coefficient (Wildman–Crippen LogP) is 10.9. The fourth-order valence-corrected chi connectivity index (χ4v) is 6.33. The zero-order valence-electron chi connectivity index (χ0n) is 32.9. The lowest BCUT2D eigenvalue weighted by Crippen LogP contribution is -2.37. The summed E-state index contributed by atoms with van der Waals surface area (Å²) in [5.41, 5.74) is 0. The first-order valence-electron chi connectivity index (χ1n) is 20.4. The SMILES string of the molecule is CCCCCCCCCC/C=C\CCCCCCCCCCCCOCC(COP(=O)([O-])OCC[N+](C)(C)C)OC(=O)CCCCCCC. The zero-order chi connectivity index (χ0) is 36.3. The molecule has 0 aromatic carbocycles. The maximum Gasteiger partial charge on any atom is 0.306 e. The number of carbonyl (C=O) groups excluding carboxylic acids is 1. The van der Waals surface area contributed by atoms with Crippen LogP contribution < -0.4 is 4.89 Å². The molecule has 9 heteroatoms. The molecule has 0 fully saturated rings. The normalized spacial score (nSPS) is 14.0. The summed E-state index contributed by atoms with van der Waals surface area (Å²) in [7, 11) is 1.36. The quantitative estimate of drug-likeness (QED) is 0.0206. The van der Waals surface area contributed by atoms with E-state index in [0.29, 0.717) is 24.1 Å². The Hall–Kier alpha value is -0.760. The van der Waals surface area contributed by atoms with E-state index in [9.17, 15) is 14.3 Å². The van der Waals surface area contributed by atoms with Crippen molar-refractivity contribution in [2.24, 2.45) is 0 Å². The summed E-state index contributed by atoms with van der Waals surface area (Å²) in [6, 6.07) is 0. The first kappa shape index (κ1) is 48.2. The minimum absolute atomic E-state index is 0.0281. The summed E-state index contributed by atoms with van der Waals surface area (Å²) >= 11 is 0. The number of phosphoric ester groups is 1.